The normalized spacial score (nSPS) is 17.1. The quantitative estimate of drug-likeness (QED) is 0.822. The van der Waals surface area contributed by atoms with Gasteiger partial charge in [-0.2, -0.15) is 0 Å². The fraction of sp³-hybridized carbons (Fsp3) is 0.556. The van der Waals surface area contributed by atoms with E-state index in [9.17, 15) is 9.18 Å². The molecular weight excluding hydrogens is 387 g/mol. The number of aromatic nitrogens is 2. The van der Waals surface area contributed by atoms with Crippen LogP contribution in [-0.2, 0) is 6.54 Å². The Morgan fingerprint density at radius 2 is 2.04 bits per heavy atom. The number of rotatable bonds is 5. The summed E-state index contributed by atoms with van der Waals surface area (Å²) in [6.45, 7) is 8.25. The molecule has 0 aliphatic carbocycles. The molecule has 7 heteroatoms. The van der Waals surface area contributed by atoms with Crippen molar-refractivity contribution in [1.82, 2.24) is 19.8 Å². The van der Waals surface area contributed by atoms with E-state index in [0.29, 0.717) is 22.2 Å². The summed E-state index contributed by atoms with van der Waals surface area (Å²) < 4.78 is 16.7. The molecule has 0 saturated carbocycles. The molecule has 1 aliphatic heterocycles. The molecule has 1 aromatic carbocycles. The van der Waals surface area contributed by atoms with Gasteiger partial charge < -0.3 is 5.32 Å². The molecule has 1 aliphatic rings. The van der Waals surface area contributed by atoms with Crippen molar-refractivity contribution in [2.45, 2.75) is 39.3 Å². The van der Waals surface area contributed by atoms with Crippen LogP contribution in [0.3, 0.4) is 0 Å². The molecule has 2 aromatic rings. The van der Waals surface area contributed by atoms with E-state index < -0.39 is 5.82 Å². The number of halogens is 2. The van der Waals surface area contributed by atoms with Gasteiger partial charge in [0.2, 0.25) is 0 Å². The van der Waals surface area contributed by atoms with Gasteiger partial charge in [0.1, 0.15) is 11.3 Å². The Bertz CT molecular complexity index is 817. The van der Waals surface area contributed by atoms with E-state index in [4.69, 9.17) is 0 Å². The van der Waals surface area contributed by atoms with E-state index >= 15 is 0 Å². The SMILES string of the molecule is CCC[C@@H](c1nc2c(F)cc(Br)cc2c(=O)n1CC)N1CCNCC1. The predicted molar refractivity (Wildman–Crippen MR) is 101 cm³/mol. The number of hydrogen-bond acceptors (Lipinski definition) is 4. The summed E-state index contributed by atoms with van der Waals surface area (Å²) in [5, 5.41) is 3.68. The third-order valence-electron chi connectivity index (χ3n) is 4.78. The molecule has 1 N–H and O–H groups in total. The third-order valence-corrected chi connectivity index (χ3v) is 5.23. The topological polar surface area (TPSA) is 50.2 Å². The van der Waals surface area contributed by atoms with Gasteiger partial charge in [-0.05, 0) is 25.5 Å². The number of benzene rings is 1. The van der Waals surface area contributed by atoms with Gasteiger partial charge in [-0.3, -0.25) is 14.3 Å². The monoisotopic (exact) mass is 410 g/mol. The molecule has 2 heterocycles. The number of fused-ring (bicyclic) bond motifs is 1. The standard InChI is InChI=1S/C18H24BrFN4O/c1-3-5-15(23-8-6-21-7-9-23)17-22-16-13(18(25)24(17)4-2)10-12(19)11-14(16)20/h10-11,15,21H,3-9H2,1-2H3/t15-/m0/s1. The van der Waals surface area contributed by atoms with E-state index in [1.807, 2.05) is 6.92 Å². The first-order valence-corrected chi connectivity index (χ1v) is 9.70. The van der Waals surface area contributed by atoms with Crippen LogP contribution < -0.4 is 10.9 Å². The van der Waals surface area contributed by atoms with Gasteiger partial charge in [0, 0.05) is 37.2 Å². The van der Waals surface area contributed by atoms with Crippen LogP contribution in [-0.4, -0.2) is 40.6 Å². The van der Waals surface area contributed by atoms with Crippen LogP contribution in [0.25, 0.3) is 10.9 Å². The molecule has 0 amide bonds. The van der Waals surface area contributed by atoms with Gasteiger partial charge in [-0.1, -0.05) is 29.3 Å². The van der Waals surface area contributed by atoms with Crippen molar-refractivity contribution >= 4 is 26.8 Å². The number of piperazine rings is 1. The summed E-state index contributed by atoms with van der Waals surface area (Å²) in [6, 6.07) is 3.06. The van der Waals surface area contributed by atoms with Crippen molar-refractivity contribution in [2.75, 3.05) is 26.2 Å². The van der Waals surface area contributed by atoms with Crippen LogP contribution in [0.15, 0.2) is 21.4 Å². The summed E-state index contributed by atoms with van der Waals surface area (Å²) in [5.41, 5.74) is 0.00285. The second-order valence-corrected chi connectivity index (χ2v) is 7.31. The third kappa shape index (κ3) is 3.64. The molecule has 0 unspecified atom stereocenters. The molecule has 0 radical (unpaired) electrons. The molecule has 0 spiro atoms. The Labute approximate surface area is 155 Å². The fourth-order valence-corrected chi connectivity index (χ4v) is 4.00. The fourth-order valence-electron chi connectivity index (χ4n) is 3.57. The van der Waals surface area contributed by atoms with Crippen molar-refractivity contribution in [3.05, 3.63) is 38.6 Å². The molecule has 1 aromatic heterocycles. The molecule has 0 bridgehead atoms. The van der Waals surface area contributed by atoms with Gasteiger partial charge in [-0.25, -0.2) is 9.37 Å². The molecular formula is C18H24BrFN4O. The van der Waals surface area contributed by atoms with Gasteiger partial charge in [0.25, 0.3) is 5.56 Å². The molecule has 1 fully saturated rings. The Balaban J connectivity index is 2.20. The minimum Gasteiger partial charge on any atom is -0.314 e. The highest BCUT2D eigenvalue weighted by molar-refractivity contribution is 9.10. The van der Waals surface area contributed by atoms with Crippen molar-refractivity contribution in [3.63, 3.8) is 0 Å². The van der Waals surface area contributed by atoms with Gasteiger partial charge in [-0.15, -0.1) is 0 Å². The van der Waals surface area contributed by atoms with E-state index in [1.54, 1.807) is 10.6 Å². The number of hydrogen-bond donors (Lipinski definition) is 1. The van der Waals surface area contributed by atoms with Gasteiger partial charge in [0.05, 0.1) is 11.4 Å². The lowest BCUT2D eigenvalue weighted by Gasteiger charge is -2.35. The minimum atomic E-state index is -0.457. The van der Waals surface area contributed by atoms with Crippen molar-refractivity contribution in [1.29, 1.82) is 0 Å². The van der Waals surface area contributed by atoms with Crippen LogP contribution in [0.1, 0.15) is 38.6 Å². The minimum absolute atomic E-state index is 0.0344. The molecule has 5 nitrogen and oxygen atoms in total. The molecule has 25 heavy (non-hydrogen) atoms. The maximum atomic E-state index is 14.5. The number of nitrogens with zero attached hydrogens (tertiary/aromatic N) is 3. The lowest BCUT2D eigenvalue weighted by Crippen LogP contribution is -2.46. The van der Waals surface area contributed by atoms with Crippen molar-refractivity contribution in [3.8, 4) is 0 Å². The van der Waals surface area contributed by atoms with Crippen LogP contribution in [0.4, 0.5) is 4.39 Å². The lowest BCUT2D eigenvalue weighted by atomic mass is 10.1. The zero-order chi connectivity index (χ0) is 18.0. The Morgan fingerprint density at radius 3 is 2.68 bits per heavy atom. The van der Waals surface area contributed by atoms with E-state index in [0.717, 1.165) is 39.0 Å². The number of nitrogens with one attached hydrogen (secondary N) is 1. The Kier molecular flexibility index (Phi) is 5.86. The van der Waals surface area contributed by atoms with Crippen molar-refractivity contribution < 1.29 is 4.39 Å². The van der Waals surface area contributed by atoms with E-state index in [1.165, 1.54) is 6.07 Å². The first-order valence-electron chi connectivity index (χ1n) is 8.91. The van der Waals surface area contributed by atoms with Gasteiger partial charge >= 0.3 is 0 Å². The highest BCUT2D eigenvalue weighted by Crippen LogP contribution is 2.27. The second kappa shape index (κ2) is 7.93. The average molecular weight is 411 g/mol. The predicted octanol–water partition coefficient (Wildman–Crippen LogP) is 3.06. The van der Waals surface area contributed by atoms with Gasteiger partial charge in [0.15, 0.2) is 5.82 Å². The first-order chi connectivity index (χ1) is 12.1. The zero-order valence-electron chi connectivity index (χ0n) is 14.7. The largest absolute Gasteiger partial charge is 0.314 e. The second-order valence-electron chi connectivity index (χ2n) is 6.39. The van der Waals surface area contributed by atoms with Crippen LogP contribution in [0, 0.1) is 5.82 Å². The maximum Gasteiger partial charge on any atom is 0.261 e. The highest BCUT2D eigenvalue weighted by atomic mass is 79.9. The first kappa shape index (κ1) is 18.5. The lowest BCUT2D eigenvalue weighted by molar-refractivity contribution is 0.154. The van der Waals surface area contributed by atoms with Crippen LogP contribution in [0.5, 0.6) is 0 Å². The smallest absolute Gasteiger partial charge is 0.261 e. The molecule has 1 atom stereocenters. The van der Waals surface area contributed by atoms with Crippen LogP contribution >= 0.6 is 15.9 Å². The van der Waals surface area contributed by atoms with E-state index in [-0.39, 0.29) is 17.1 Å². The molecule has 136 valence electrons. The molecule has 1 saturated heterocycles. The molecule has 3 rings (SSSR count). The zero-order valence-corrected chi connectivity index (χ0v) is 16.3. The van der Waals surface area contributed by atoms with Crippen LogP contribution in [0.2, 0.25) is 0 Å². The average Bonchev–Trinajstić information content (AvgIpc) is 2.61. The summed E-state index contributed by atoms with van der Waals surface area (Å²) in [7, 11) is 0. The van der Waals surface area contributed by atoms with E-state index in [2.05, 4.69) is 38.1 Å². The highest BCUT2D eigenvalue weighted by Gasteiger charge is 2.26. The van der Waals surface area contributed by atoms with Crippen molar-refractivity contribution in [2.24, 2.45) is 0 Å². The summed E-state index contributed by atoms with van der Waals surface area (Å²) in [4.78, 5) is 20.0. The Hall–Kier alpha value is -1.31. The Morgan fingerprint density at radius 1 is 1.32 bits per heavy atom. The maximum absolute atomic E-state index is 14.5. The summed E-state index contributed by atoms with van der Waals surface area (Å²) >= 11 is 3.27. The summed E-state index contributed by atoms with van der Waals surface area (Å²) in [6.07, 6.45) is 1.88. The summed E-state index contributed by atoms with van der Waals surface area (Å²) in [5.74, 6) is 0.228.